The summed E-state index contributed by atoms with van der Waals surface area (Å²) in [6.45, 7) is 4.41. The average Bonchev–Trinajstić information content (AvgIpc) is 2.63. The molecule has 1 heterocycles. The molecule has 1 aliphatic carbocycles. The number of morpholine rings is 1. The lowest BCUT2D eigenvalue weighted by molar-refractivity contribution is -0.124. The molecule has 1 N–H and O–H groups in total. The zero-order valence-corrected chi connectivity index (χ0v) is 17.0. The number of nitrogens with zero attached hydrogens (tertiary/aromatic N) is 1. The number of halogens is 1. The number of benzene rings is 2. The number of carbonyl (C=O) groups is 1. The van der Waals surface area contributed by atoms with Crippen molar-refractivity contribution in [1.82, 2.24) is 4.90 Å². The molecule has 1 saturated heterocycles. The van der Waals surface area contributed by atoms with Crippen molar-refractivity contribution >= 4 is 27.5 Å². The number of rotatable bonds is 5. The summed E-state index contributed by atoms with van der Waals surface area (Å²) in [5, 5.41) is 3.18. The fourth-order valence-corrected chi connectivity index (χ4v) is 4.23. The van der Waals surface area contributed by atoms with E-state index in [0.717, 1.165) is 67.8 Å². The Labute approximate surface area is 169 Å². The van der Waals surface area contributed by atoms with Crippen LogP contribution in [0, 0.1) is 0 Å². The Morgan fingerprint density at radius 1 is 1.11 bits per heavy atom. The van der Waals surface area contributed by atoms with E-state index in [0.29, 0.717) is 0 Å². The summed E-state index contributed by atoms with van der Waals surface area (Å²) in [7, 11) is 0. The third-order valence-corrected chi connectivity index (χ3v) is 6.26. The SMILES string of the molecule is O=C(Nc1cccc(CN2CCOCC2)c1)C1(c2ccc(Br)cc2)CCC1. The summed E-state index contributed by atoms with van der Waals surface area (Å²) in [5.41, 5.74) is 2.83. The van der Waals surface area contributed by atoms with E-state index in [1.54, 1.807) is 0 Å². The first-order chi connectivity index (χ1) is 13.2. The van der Waals surface area contributed by atoms with Crippen LogP contribution in [0.1, 0.15) is 30.4 Å². The summed E-state index contributed by atoms with van der Waals surface area (Å²) in [5.74, 6) is 0.111. The van der Waals surface area contributed by atoms with Gasteiger partial charge in [0.05, 0.1) is 18.6 Å². The van der Waals surface area contributed by atoms with E-state index in [1.165, 1.54) is 5.56 Å². The molecule has 1 saturated carbocycles. The van der Waals surface area contributed by atoms with Crippen molar-refractivity contribution in [3.8, 4) is 0 Å². The van der Waals surface area contributed by atoms with E-state index >= 15 is 0 Å². The lowest BCUT2D eigenvalue weighted by Crippen LogP contribution is -2.46. The molecule has 4 nitrogen and oxygen atoms in total. The highest BCUT2D eigenvalue weighted by molar-refractivity contribution is 9.10. The highest BCUT2D eigenvalue weighted by atomic mass is 79.9. The van der Waals surface area contributed by atoms with Gasteiger partial charge in [-0.25, -0.2) is 0 Å². The minimum atomic E-state index is -0.388. The molecule has 0 unspecified atom stereocenters. The summed E-state index contributed by atoms with van der Waals surface area (Å²) in [6.07, 6.45) is 2.92. The van der Waals surface area contributed by atoms with E-state index in [4.69, 9.17) is 4.74 Å². The van der Waals surface area contributed by atoms with Crippen LogP contribution < -0.4 is 5.32 Å². The highest BCUT2D eigenvalue weighted by Gasteiger charge is 2.45. The standard InChI is InChI=1S/C22H25BrN2O2/c23-19-7-5-18(6-8-19)22(9-2-10-22)21(26)24-20-4-1-3-17(15-20)16-25-11-13-27-14-12-25/h1,3-8,15H,2,9-14,16H2,(H,24,26). The van der Waals surface area contributed by atoms with Crippen molar-refractivity contribution in [1.29, 1.82) is 0 Å². The molecule has 4 rings (SSSR count). The lowest BCUT2D eigenvalue weighted by atomic mass is 9.64. The Hall–Kier alpha value is -1.69. The summed E-state index contributed by atoms with van der Waals surface area (Å²) in [4.78, 5) is 15.5. The Bertz CT molecular complexity index is 796. The zero-order valence-electron chi connectivity index (χ0n) is 15.4. The van der Waals surface area contributed by atoms with Crippen molar-refractivity contribution in [3.63, 3.8) is 0 Å². The first-order valence-corrected chi connectivity index (χ1v) is 10.4. The minimum Gasteiger partial charge on any atom is -0.379 e. The predicted molar refractivity (Wildman–Crippen MR) is 111 cm³/mol. The molecule has 0 aromatic heterocycles. The van der Waals surface area contributed by atoms with Crippen LogP contribution in [0.3, 0.4) is 0 Å². The molecule has 0 radical (unpaired) electrons. The lowest BCUT2D eigenvalue weighted by Gasteiger charge is -2.40. The van der Waals surface area contributed by atoms with Gasteiger partial charge in [0.15, 0.2) is 0 Å². The van der Waals surface area contributed by atoms with Crippen LogP contribution in [0.25, 0.3) is 0 Å². The van der Waals surface area contributed by atoms with Gasteiger partial charge in [0.25, 0.3) is 0 Å². The van der Waals surface area contributed by atoms with Gasteiger partial charge in [-0.2, -0.15) is 0 Å². The normalized spacial score (nSPS) is 19.3. The van der Waals surface area contributed by atoms with Crippen LogP contribution in [0.5, 0.6) is 0 Å². The summed E-state index contributed by atoms with van der Waals surface area (Å²) in [6, 6.07) is 16.4. The molecular formula is C22H25BrN2O2. The molecule has 5 heteroatoms. The molecule has 1 amide bonds. The van der Waals surface area contributed by atoms with Gasteiger partial charge in [0.1, 0.15) is 0 Å². The number of amides is 1. The zero-order chi connectivity index (χ0) is 18.7. The average molecular weight is 429 g/mol. The van der Waals surface area contributed by atoms with E-state index < -0.39 is 0 Å². The van der Waals surface area contributed by atoms with Gasteiger partial charge in [0, 0.05) is 29.8 Å². The number of carbonyl (C=O) groups excluding carboxylic acids is 1. The predicted octanol–water partition coefficient (Wildman–Crippen LogP) is 4.34. The van der Waals surface area contributed by atoms with Crippen LogP contribution >= 0.6 is 15.9 Å². The quantitative estimate of drug-likeness (QED) is 0.769. The maximum Gasteiger partial charge on any atom is 0.235 e. The molecule has 2 aromatic carbocycles. The maximum atomic E-state index is 13.2. The van der Waals surface area contributed by atoms with Gasteiger partial charge in [0.2, 0.25) is 5.91 Å². The Balaban J connectivity index is 1.47. The Morgan fingerprint density at radius 3 is 2.52 bits per heavy atom. The van der Waals surface area contributed by atoms with Gasteiger partial charge in [-0.05, 0) is 48.2 Å². The number of hydrogen-bond acceptors (Lipinski definition) is 3. The van der Waals surface area contributed by atoms with Gasteiger partial charge in [-0.15, -0.1) is 0 Å². The van der Waals surface area contributed by atoms with Crippen LogP contribution in [-0.2, 0) is 21.5 Å². The Morgan fingerprint density at radius 2 is 1.85 bits per heavy atom. The fraction of sp³-hybridized carbons (Fsp3) is 0.409. The van der Waals surface area contributed by atoms with E-state index in [1.807, 2.05) is 24.3 Å². The molecule has 142 valence electrons. The van der Waals surface area contributed by atoms with Crippen molar-refractivity contribution in [3.05, 3.63) is 64.1 Å². The van der Waals surface area contributed by atoms with Crippen LogP contribution in [0.15, 0.2) is 53.0 Å². The van der Waals surface area contributed by atoms with Gasteiger partial charge < -0.3 is 10.1 Å². The van der Waals surface area contributed by atoms with E-state index in [2.05, 4.69) is 50.4 Å². The molecule has 2 fully saturated rings. The second-order valence-corrected chi connectivity index (χ2v) is 8.40. The van der Waals surface area contributed by atoms with Crippen molar-refractivity contribution in [2.24, 2.45) is 0 Å². The van der Waals surface area contributed by atoms with Gasteiger partial charge in [-0.1, -0.05) is 46.6 Å². The molecule has 0 bridgehead atoms. The topological polar surface area (TPSA) is 41.6 Å². The number of nitrogens with one attached hydrogen (secondary N) is 1. The third-order valence-electron chi connectivity index (χ3n) is 5.73. The van der Waals surface area contributed by atoms with E-state index in [-0.39, 0.29) is 11.3 Å². The molecule has 2 aliphatic rings. The molecular weight excluding hydrogens is 404 g/mol. The monoisotopic (exact) mass is 428 g/mol. The largest absolute Gasteiger partial charge is 0.379 e. The molecule has 27 heavy (non-hydrogen) atoms. The van der Waals surface area contributed by atoms with E-state index in [9.17, 15) is 4.79 Å². The van der Waals surface area contributed by atoms with Crippen LogP contribution in [0.4, 0.5) is 5.69 Å². The Kier molecular flexibility index (Phi) is 5.62. The number of hydrogen-bond donors (Lipinski definition) is 1. The molecule has 0 spiro atoms. The molecule has 0 atom stereocenters. The second-order valence-electron chi connectivity index (χ2n) is 7.49. The minimum absolute atomic E-state index is 0.111. The van der Waals surface area contributed by atoms with Crippen molar-refractivity contribution < 1.29 is 9.53 Å². The van der Waals surface area contributed by atoms with Crippen LogP contribution in [-0.4, -0.2) is 37.1 Å². The maximum absolute atomic E-state index is 13.2. The third kappa shape index (κ3) is 4.10. The smallest absolute Gasteiger partial charge is 0.235 e. The highest BCUT2D eigenvalue weighted by Crippen LogP contribution is 2.44. The van der Waals surface area contributed by atoms with Crippen LogP contribution in [0.2, 0.25) is 0 Å². The number of ether oxygens (including phenoxy) is 1. The molecule has 2 aromatic rings. The first-order valence-electron chi connectivity index (χ1n) is 9.62. The number of anilines is 1. The second kappa shape index (κ2) is 8.13. The van der Waals surface area contributed by atoms with Crippen molar-refractivity contribution in [2.45, 2.75) is 31.2 Å². The molecule has 1 aliphatic heterocycles. The van der Waals surface area contributed by atoms with Crippen molar-refractivity contribution in [2.75, 3.05) is 31.6 Å². The fourth-order valence-electron chi connectivity index (χ4n) is 3.96. The summed E-state index contributed by atoms with van der Waals surface area (Å²) >= 11 is 3.48. The van der Waals surface area contributed by atoms with Gasteiger partial charge >= 0.3 is 0 Å². The summed E-state index contributed by atoms with van der Waals surface area (Å²) < 4.78 is 6.46. The first kappa shape index (κ1) is 18.7. The van der Waals surface area contributed by atoms with Gasteiger partial charge in [-0.3, -0.25) is 9.69 Å².